The van der Waals surface area contributed by atoms with Gasteiger partial charge < -0.3 is 30.3 Å². The summed E-state index contributed by atoms with van der Waals surface area (Å²) in [6, 6.07) is 0. The molecule has 1 rings (SSSR count). The molecule has 4 N–H and O–H groups in total. The predicted octanol–water partition coefficient (Wildman–Crippen LogP) is -2.81. The lowest BCUT2D eigenvalue weighted by Crippen LogP contribution is -2.35. The largest absolute Gasteiger partial charge is 0.871 e. The summed E-state index contributed by atoms with van der Waals surface area (Å²) in [6.45, 7) is -0.670. The monoisotopic (exact) mass is 177 g/mol. The SMILES string of the molecule is [O-]C1=C(O)C(O)O[C@@H]1[C@@H](O)CO. The molecule has 0 saturated carbocycles. The topological polar surface area (TPSA) is 113 Å². The van der Waals surface area contributed by atoms with Gasteiger partial charge in [-0.3, -0.25) is 0 Å². The summed E-state index contributed by atoms with van der Waals surface area (Å²) in [4.78, 5) is 0. The van der Waals surface area contributed by atoms with Crippen molar-refractivity contribution >= 4 is 0 Å². The van der Waals surface area contributed by atoms with Gasteiger partial charge in [0.25, 0.3) is 0 Å². The highest BCUT2D eigenvalue weighted by molar-refractivity contribution is 5.12. The Morgan fingerprint density at radius 2 is 2.17 bits per heavy atom. The lowest BCUT2D eigenvalue weighted by atomic mass is 10.2. The Kier molecular flexibility index (Phi) is 2.53. The Bertz CT molecular complexity index is 200. The summed E-state index contributed by atoms with van der Waals surface area (Å²) in [5, 5.41) is 45.8. The molecule has 0 aromatic rings. The van der Waals surface area contributed by atoms with E-state index in [1.54, 1.807) is 0 Å². The minimum absolute atomic E-state index is 0.670. The smallest absolute Gasteiger partial charge is 0.213 e. The molecule has 0 bridgehead atoms. The molecule has 0 aromatic heterocycles. The molecular formula is C6H9O6-. The van der Waals surface area contributed by atoms with Crippen molar-refractivity contribution in [2.75, 3.05) is 6.61 Å². The number of hydrogen-bond donors (Lipinski definition) is 4. The molecule has 0 spiro atoms. The quantitative estimate of drug-likeness (QED) is 0.362. The number of rotatable bonds is 2. The molecule has 6 heteroatoms. The average Bonchev–Trinajstić information content (AvgIpc) is 2.32. The van der Waals surface area contributed by atoms with Crippen LogP contribution in [0.3, 0.4) is 0 Å². The third kappa shape index (κ3) is 1.37. The molecule has 0 fully saturated rings. The van der Waals surface area contributed by atoms with Crippen molar-refractivity contribution in [2.24, 2.45) is 0 Å². The van der Waals surface area contributed by atoms with Crippen molar-refractivity contribution in [2.45, 2.75) is 18.5 Å². The number of aliphatic hydroxyl groups is 4. The molecule has 0 aromatic carbocycles. The maximum atomic E-state index is 10.9. The second-order valence-electron chi connectivity index (χ2n) is 2.41. The van der Waals surface area contributed by atoms with Gasteiger partial charge in [-0.15, -0.1) is 0 Å². The van der Waals surface area contributed by atoms with Gasteiger partial charge in [0.2, 0.25) is 6.29 Å². The summed E-state index contributed by atoms with van der Waals surface area (Å²) in [5.41, 5.74) is 0. The van der Waals surface area contributed by atoms with Crippen molar-refractivity contribution in [3.05, 3.63) is 11.5 Å². The van der Waals surface area contributed by atoms with E-state index in [9.17, 15) is 5.11 Å². The van der Waals surface area contributed by atoms with Crippen LogP contribution >= 0.6 is 0 Å². The molecule has 0 amide bonds. The van der Waals surface area contributed by atoms with Gasteiger partial charge >= 0.3 is 0 Å². The first-order valence-electron chi connectivity index (χ1n) is 3.30. The third-order valence-electron chi connectivity index (χ3n) is 1.56. The van der Waals surface area contributed by atoms with Gasteiger partial charge in [-0.05, 0) is 0 Å². The highest BCUT2D eigenvalue weighted by Crippen LogP contribution is 2.22. The van der Waals surface area contributed by atoms with Crippen molar-refractivity contribution < 1.29 is 30.3 Å². The van der Waals surface area contributed by atoms with E-state index in [0.29, 0.717) is 0 Å². The Balaban J connectivity index is 2.73. The maximum Gasteiger partial charge on any atom is 0.213 e. The van der Waals surface area contributed by atoms with E-state index in [1.165, 1.54) is 0 Å². The molecule has 1 aliphatic heterocycles. The van der Waals surface area contributed by atoms with Crippen LogP contribution in [0.1, 0.15) is 0 Å². The van der Waals surface area contributed by atoms with Gasteiger partial charge in [0.05, 0.1) is 6.61 Å². The zero-order valence-corrected chi connectivity index (χ0v) is 6.04. The Morgan fingerprint density at radius 1 is 1.58 bits per heavy atom. The minimum Gasteiger partial charge on any atom is -0.871 e. The van der Waals surface area contributed by atoms with Gasteiger partial charge in [-0.2, -0.15) is 0 Å². The lowest BCUT2D eigenvalue weighted by Gasteiger charge is -2.21. The van der Waals surface area contributed by atoms with E-state index >= 15 is 0 Å². The number of hydrogen-bond acceptors (Lipinski definition) is 6. The molecule has 1 unspecified atom stereocenters. The van der Waals surface area contributed by atoms with Gasteiger partial charge in [-0.1, -0.05) is 5.76 Å². The van der Waals surface area contributed by atoms with Crippen LogP contribution in [0.15, 0.2) is 11.5 Å². The second-order valence-corrected chi connectivity index (χ2v) is 2.41. The van der Waals surface area contributed by atoms with Gasteiger partial charge in [-0.25, -0.2) is 0 Å². The molecular weight excluding hydrogens is 168 g/mol. The zero-order chi connectivity index (χ0) is 9.30. The van der Waals surface area contributed by atoms with Crippen LogP contribution in [-0.4, -0.2) is 45.5 Å². The van der Waals surface area contributed by atoms with Crippen molar-refractivity contribution in [1.82, 2.24) is 0 Å². The highest BCUT2D eigenvalue weighted by atomic mass is 16.6. The summed E-state index contributed by atoms with van der Waals surface area (Å²) < 4.78 is 4.45. The van der Waals surface area contributed by atoms with E-state index in [-0.39, 0.29) is 0 Å². The molecule has 0 radical (unpaired) electrons. The van der Waals surface area contributed by atoms with Gasteiger partial charge in [0.1, 0.15) is 18.0 Å². The highest BCUT2D eigenvalue weighted by Gasteiger charge is 2.32. The van der Waals surface area contributed by atoms with E-state index in [0.717, 1.165) is 0 Å². The molecule has 12 heavy (non-hydrogen) atoms. The molecule has 6 nitrogen and oxygen atoms in total. The number of aliphatic hydroxyl groups excluding tert-OH is 4. The van der Waals surface area contributed by atoms with Crippen LogP contribution in [-0.2, 0) is 4.74 Å². The standard InChI is InChI=1S/C6H10O6/c7-1-2(8)5-3(9)4(10)6(11)12-5/h2,5-11H,1H2/p-1/t2-,5+,6?/m0/s1. The summed E-state index contributed by atoms with van der Waals surface area (Å²) >= 11 is 0. The molecule has 0 saturated heterocycles. The molecule has 3 atom stereocenters. The fraction of sp³-hybridized carbons (Fsp3) is 0.667. The van der Waals surface area contributed by atoms with Crippen molar-refractivity contribution in [1.29, 1.82) is 0 Å². The molecule has 70 valence electrons. The second kappa shape index (κ2) is 3.28. The predicted molar refractivity (Wildman–Crippen MR) is 33.6 cm³/mol. The molecule has 0 aliphatic carbocycles. The average molecular weight is 177 g/mol. The van der Waals surface area contributed by atoms with Crippen LogP contribution < -0.4 is 5.11 Å². The minimum atomic E-state index is -1.69. The van der Waals surface area contributed by atoms with Crippen molar-refractivity contribution in [3.63, 3.8) is 0 Å². The first kappa shape index (κ1) is 9.27. The van der Waals surface area contributed by atoms with Crippen LogP contribution in [0.2, 0.25) is 0 Å². The van der Waals surface area contributed by atoms with Crippen LogP contribution in [0.4, 0.5) is 0 Å². The van der Waals surface area contributed by atoms with E-state index in [4.69, 9.17) is 20.4 Å². The lowest BCUT2D eigenvalue weighted by molar-refractivity contribution is -0.325. The fourth-order valence-electron chi connectivity index (χ4n) is 0.894. The number of ether oxygens (including phenoxy) is 1. The molecule has 1 aliphatic rings. The normalized spacial score (nSPS) is 32.6. The van der Waals surface area contributed by atoms with Gasteiger partial charge in [0, 0.05) is 0 Å². The van der Waals surface area contributed by atoms with E-state index in [2.05, 4.69) is 4.74 Å². The summed E-state index contributed by atoms with van der Waals surface area (Å²) in [7, 11) is 0. The van der Waals surface area contributed by atoms with E-state index in [1.807, 2.05) is 0 Å². The molecule has 1 heterocycles. The van der Waals surface area contributed by atoms with Crippen LogP contribution in [0, 0.1) is 0 Å². The van der Waals surface area contributed by atoms with Crippen LogP contribution in [0.5, 0.6) is 0 Å². The Morgan fingerprint density at radius 3 is 2.50 bits per heavy atom. The first-order chi connectivity index (χ1) is 5.57. The zero-order valence-electron chi connectivity index (χ0n) is 6.04. The Labute approximate surface area is 68.0 Å². The third-order valence-corrected chi connectivity index (χ3v) is 1.56. The summed E-state index contributed by atoms with van der Waals surface area (Å²) in [5.74, 6) is -1.74. The maximum absolute atomic E-state index is 10.9. The first-order valence-corrected chi connectivity index (χ1v) is 3.30. The van der Waals surface area contributed by atoms with E-state index < -0.39 is 36.6 Å². The van der Waals surface area contributed by atoms with Gasteiger partial charge in [0.15, 0.2) is 0 Å². The Hall–Kier alpha value is -0.820. The fourth-order valence-corrected chi connectivity index (χ4v) is 0.894. The van der Waals surface area contributed by atoms with Crippen LogP contribution in [0.25, 0.3) is 0 Å². The van der Waals surface area contributed by atoms with Crippen molar-refractivity contribution in [3.8, 4) is 0 Å². The summed E-state index contributed by atoms with van der Waals surface area (Å²) in [6.07, 6.45) is -4.48.